The molecule has 1 aliphatic rings. The van der Waals surface area contributed by atoms with Crippen LogP contribution in [-0.4, -0.2) is 21.9 Å². The summed E-state index contributed by atoms with van der Waals surface area (Å²) in [5.74, 6) is 0.682. The summed E-state index contributed by atoms with van der Waals surface area (Å²) in [5, 5.41) is 5.01. The van der Waals surface area contributed by atoms with Crippen molar-refractivity contribution in [3.63, 3.8) is 0 Å². The number of aromatic nitrogens is 2. The molecule has 1 atom stereocenters. The van der Waals surface area contributed by atoms with E-state index in [1.165, 1.54) is 0 Å². The van der Waals surface area contributed by atoms with E-state index in [4.69, 9.17) is 16.3 Å². The van der Waals surface area contributed by atoms with E-state index in [-0.39, 0.29) is 5.56 Å². The van der Waals surface area contributed by atoms with Gasteiger partial charge in [0.15, 0.2) is 5.72 Å². The number of benzene rings is 2. The molecule has 2 aromatic heterocycles. The third-order valence-corrected chi connectivity index (χ3v) is 5.87. The predicted molar refractivity (Wildman–Crippen MR) is 130 cm³/mol. The van der Waals surface area contributed by atoms with E-state index in [0.29, 0.717) is 23.0 Å². The molecular weight excluding hydrogens is 422 g/mol. The molecule has 5 nitrogen and oxygen atoms in total. The van der Waals surface area contributed by atoms with Gasteiger partial charge in [0.1, 0.15) is 5.82 Å². The fraction of sp³-hybridized carbons (Fsp3) is 0.154. The van der Waals surface area contributed by atoms with Crippen LogP contribution < -0.4 is 10.9 Å². The average molecular weight is 444 g/mol. The average Bonchev–Trinajstić information content (AvgIpc) is 2.79. The summed E-state index contributed by atoms with van der Waals surface area (Å²) in [7, 11) is 0. The van der Waals surface area contributed by atoms with E-state index in [9.17, 15) is 4.79 Å². The van der Waals surface area contributed by atoms with Gasteiger partial charge in [0, 0.05) is 34.3 Å². The monoisotopic (exact) mass is 443 g/mol. The summed E-state index contributed by atoms with van der Waals surface area (Å²) >= 11 is 6.11. The fourth-order valence-electron chi connectivity index (χ4n) is 4.09. The predicted octanol–water partition coefficient (Wildman–Crippen LogP) is 5.90. The first-order valence-electron chi connectivity index (χ1n) is 10.5. The van der Waals surface area contributed by atoms with E-state index in [2.05, 4.69) is 10.3 Å². The van der Waals surface area contributed by atoms with Crippen LogP contribution in [0.5, 0.6) is 0 Å². The molecule has 0 bridgehead atoms. The number of rotatable bonds is 4. The Bertz CT molecular complexity index is 1410. The van der Waals surface area contributed by atoms with Crippen molar-refractivity contribution < 1.29 is 4.74 Å². The van der Waals surface area contributed by atoms with Gasteiger partial charge < -0.3 is 10.1 Å². The Morgan fingerprint density at radius 1 is 1.12 bits per heavy atom. The summed E-state index contributed by atoms with van der Waals surface area (Å²) in [6.45, 7) is 4.43. The van der Waals surface area contributed by atoms with Crippen molar-refractivity contribution in [2.45, 2.75) is 19.6 Å². The maximum Gasteiger partial charge on any atom is 0.264 e. The Labute approximate surface area is 190 Å². The van der Waals surface area contributed by atoms with Gasteiger partial charge in [-0.1, -0.05) is 29.8 Å². The van der Waals surface area contributed by atoms with Crippen LogP contribution in [0.15, 0.2) is 77.7 Å². The van der Waals surface area contributed by atoms with Gasteiger partial charge >= 0.3 is 0 Å². The largest absolute Gasteiger partial charge is 0.353 e. The first kappa shape index (κ1) is 20.5. The number of anilines is 1. The molecule has 4 aromatic rings. The maximum absolute atomic E-state index is 13.8. The highest BCUT2D eigenvalue weighted by molar-refractivity contribution is 6.30. The van der Waals surface area contributed by atoms with Gasteiger partial charge in [-0.15, -0.1) is 0 Å². The lowest BCUT2D eigenvalue weighted by molar-refractivity contribution is 0.0352. The smallest absolute Gasteiger partial charge is 0.264 e. The second-order valence-electron chi connectivity index (χ2n) is 7.89. The number of nitrogens with one attached hydrogen (secondary N) is 1. The minimum Gasteiger partial charge on any atom is -0.353 e. The second kappa shape index (κ2) is 7.93. The molecule has 32 heavy (non-hydrogen) atoms. The zero-order valence-corrected chi connectivity index (χ0v) is 18.6. The van der Waals surface area contributed by atoms with Crippen LogP contribution >= 0.6 is 11.6 Å². The summed E-state index contributed by atoms with van der Waals surface area (Å²) in [5.41, 5.74) is 3.12. The lowest BCUT2D eigenvalue weighted by Gasteiger charge is -2.34. The molecule has 3 heterocycles. The van der Waals surface area contributed by atoms with Gasteiger partial charge in [0.25, 0.3) is 5.56 Å². The number of ether oxygens (including phenoxy) is 1. The third kappa shape index (κ3) is 3.60. The number of fused-ring (bicyclic) bond motifs is 2. The quantitative estimate of drug-likeness (QED) is 0.426. The number of hydrogen-bond donors (Lipinski definition) is 1. The molecule has 160 valence electrons. The van der Waals surface area contributed by atoms with E-state index in [1.54, 1.807) is 22.9 Å². The van der Waals surface area contributed by atoms with Crippen molar-refractivity contribution in [2.24, 2.45) is 0 Å². The van der Waals surface area contributed by atoms with Crippen molar-refractivity contribution in [1.82, 2.24) is 9.55 Å². The molecule has 0 radical (unpaired) electrons. The number of hydrogen-bond acceptors (Lipinski definition) is 4. The molecule has 0 saturated carbocycles. The number of halogens is 1. The SMILES string of the molecule is CCO[C@@]1(C)C=Cc2cc(-c3ccc4ncccc4c3)c(=O)n(-c3ccc(Cl)cc3)c2N1. The standard InChI is InChI=1S/C26H22ClN3O2/c1-3-32-26(2)13-12-19-16-22(17-6-11-23-18(15-17)5-4-14-28-23)25(31)30(24(19)29-26)21-9-7-20(27)8-10-21/h4-16,29H,3H2,1-2H3/t26-/m0/s1. The molecule has 2 aromatic carbocycles. The lowest BCUT2D eigenvalue weighted by atomic mass is 9.99. The minimum absolute atomic E-state index is 0.129. The molecule has 0 spiro atoms. The van der Waals surface area contributed by atoms with Gasteiger partial charge in [0.05, 0.1) is 11.2 Å². The first-order valence-corrected chi connectivity index (χ1v) is 10.9. The zero-order chi connectivity index (χ0) is 22.3. The molecule has 0 amide bonds. The molecule has 1 aliphatic heterocycles. The Morgan fingerprint density at radius 3 is 2.72 bits per heavy atom. The van der Waals surface area contributed by atoms with Crippen molar-refractivity contribution in [1.29, 1.82) is 0 Å². The summed E-state index contributed by atoms with van der Waals surface area (Å²) < 4.78 is 7.59. The van der Waals surface area contributed by atoms with Gasteiger partial charge in [-0.3, -0.25) is 14.3 Å². The van der Waals surface area contributed by atoms with Gasteiger partial charge in [-0.2, -0.15) is 0 Å². The fourth-order valence-corrected chi connectivity index (χ4v) is 4.21. The number of pyridine rings is 2. The van der Waals surface area contributed by atoms with E-state index >= 15 is 0 Å². The third-order valence-electron chi connectivity index (χ3n) is 5.62. The Kier molecular flexibility index (Phi) is 5.08. The topological polar surface area (TPSA) is 56.1 Å². The summed E-state index contributed by atoms with van der Waals surface area (Å²) in [6, 6.07) is 19.0. The van der Waals surface area contributed by atoms with E-state index in [0.717, 1.165) is 27.7 Å². The molecule has 1 N–H and O–H groups in total. The molecule has 0 unspecified atom stereocenters. The molecule has 5 rings (SSSR count). The van der Waals surface area contributed by atoms with Crippen LogP contribution in [-0.2, 0) is 4.74 Å². The van der Waals surface area contributed by atoms with Crippen LogP contribution in [0.2, 0.25) is 5.02 Å². The van der Waals surface area contributed by atoms with Crippen molar-refractivity contribution in [3.8, 4) is 16.8 Å². The van der Waals surface area contributed by atoms with E-state index in [1.807, 2.05) is 74.5 Å². The normalized spacial score (nSPS) is 17.2. The Morgan fingerprint density at radius 2 is 1.94 bits per heavy atom. The second-order valence-corrected chi connectivity index (χ2v) is 8.32. The van der Waals surface area contributed by atoms with Gasteiger partial charge in [-0.05, 0) is 74.0 Å². The Hall–Kier alpha value is -3.41. The maximum atomic E-state index is 13.8. The van der Waals surface area contributed by atoms with Crippen LogP contribution in [0.25, 0.3) is 33.8 Å². The summed E-state index contributed by atoms with van der Waals surface area (Å²) in [6.07, 6.45) is 5.74. The van der Waals surface area contributed by atoms with Crippen LogP contribution in [0, 0.1) is 0 Å². The highest BCUT2D eigenvalue weighted by Crippen LogP contribution is 2.33. The minimum atomic E-state index is -0.710. The molecule has 0 saturated heterocycles. The van der Waals surface area contributed by atoms with Crippen LogP contribution in [0.4, 0.5) is 5.82 Å². The molecule has 6 heteroatoms. The first-order chi connectivity index (χ1) is 15.5. The van der Waals surface area contributed by atoms with Crippen LogP contribution in [0.3, 0.4) is 0 Å². The molecular formula is C26H22ClN3O2. The van der Waals surface area contributed by atoms with Crippen LogP contribution in [0.1, 0.15) is 19.4 Å². The van der Waals surface area contributed by atoms with Crippen molar-refractivity contribution >= 4 is 34.4 Å². The van der Waals surface area contributed by atoms with Crippen molar-refractivity contribution in [2.75, 3.05) is 11.9 Å². The highest BCUT2D eigenvalue weighted by atomic mass is 35.5. The van der Waals surface area contributed by atoms with Gasteiger partial charge in [-0.25, -0.2) is 0 Å². The molecule has 0 aliphatic carbocycles. The summed E-state index contributed by atoms with van der Waals surface area (Å²) in [4.78, 5) is 18.2. The number of nitrogens with zero attached hydrogens (tertiary/aromatic N) is 2. The van der Waals surface area contributed by atoms with E-state index < -0.39 is 5.72 Å². The van der Waals surface area contributed by atoms with Gasteiger partial charge in [0.2, 0.25) is 0 Å². The van der Waals surface area contributed by atoms with Crippen molar-refractivity contribution in [3.05, 3.63) is 93.9 Å². The Balaban J connectivity index is 1.76. The highest BCUT2D eigenvalue weighted by Gasteiger charge is 2.29. The lowest BCUT2D eigenvalue weighted by Crippen LogP contribution is -2.40. The molecule has 0 fully saturated rings. The zero-order valence-electron chi connectivity index (χ0n) is 17.8.